The van der Waals surface area contributed by atoms with Gasteiger partial charge in [-0.05, 0) is 18.9 Å². The zero-order valence-corrected chi connectivity index (χ0v) is 14.5. The summed E-state index contributed by atoms with van der Waals surface area (Å²) in [6.07, 6.45) is 0.873. The SMILES string of the molecule is COC(=O)C1CCN(C(=O)CN2C(=O)c3cccc([N+](=O)[O-])c3C2=O)CC1. The molecule has 0 N–H and O–H groups in total. The Morgan fingerprint density at radius 2 is 1.89 bits per heavy atom. The van der Waals surface area contributed by atoms with Gasteiger partial charge in [-0.2, -0.15) is 0 Å². The van der Waals surface area contributed by atoms with Crippen LogP contribution in [-0.2, 0) is 14.3 Å². The lowest BCUT2D eigenvalue weighted by atomic mass is 9.97. The van der Waals surface area contributed by atoms with Crippen LogP contribution in [0, 0.1) is 16.0 Å². The van der Waals surface area contributed by atoms with Crippen molar-refractivity contribution in [3.05, 3.63) is 39.4 Å². The van der Waals surface area contributed by atoms with Gasteiger partial charge in [-0.1, -0.05) is 6.07 Å². The Morgan fingerprint density at radius 1 is 1.22 bits per heavy atom. The summed E-state index contributed by atoms with van der Waals surface area (Å²) in [5.74, 6) is -2.62. The highest BCUT2D eigenvalue weighted by atomic mass is 16.6. The Bertz CT molecular complexity index is 843. The van der Waals surface area contributed by atoms with E-state index in [0.29, 0.717) is 25.9 Å². The van der Waals surface area contributed by atoms with Gasteiger partial charge in [0.2, 0.25) is 5.91 Å². The number of fused-ring (bicyclic) bond motifs is 1. The van der Waals surface area contributed by atoms with Crippen molar-refractivity contribution in [1.29, 1.82) is 0 Å². The monoisotopic (exact) mass is 375 g/mol. The first-order valence-electron chi connectivity index (χ1n) is 8.34. The normalized spacial score (nSPS) is 17.1. The van der Waals surface area contributed by atoms with E-state index in [1.165, 1.54) is 24.1 Å². The zero-order valence-electron chi connectivity index (χ0n) is 14.5. The molecular weight excluding hydrogens is 358 g/mol. The molecule has 2 heterocycles. The van der Waals surface area contributed by atoms with Crippen molar-refractivity contribution in [2.24, 2.45) is 5.92 Å². The summed E-state index contributed by atoms with van der Waals surface area (Å²) in [7, 11) is 1.31. The summed E-state index contributed by atoms with van der Waals surface area (Å²) < 4.78 is 4.69. The number of rotatable bonds is 4. The number of imide groups is 1. The summed E-state index contributed by atoms with van der Waals surface area (Å²) in [6.45, 7) is 0.121. The lowest BCUT2D eigenvalue weighted by Crippen LogP contribution is -2.46. The number of hydrogen-bond acceptors (Lipinski definition) is 7. The van der Waals surface area contributed by atoms with Crippen molar-refractivity contribution in [1.82, 2.24) is 9.80 Å². The van der Waals surface area contributed by atoms with E-state index in [-0.39, 0.29) is 23.0 Å². The van der Waals surface area contributed by atoms with Crippen LogP contribution in [0.1, 0.15) is 33.6 Å². The zero-order chi connectivity index (χ0) is 19.7. The van der Waals surface area contributed by atoms with Gasteiger partial charge in [0.25, 0.3) is 17.5 Å². The topological polar surface area (TPSA) is 127 Å². The Balaban J connectivity index is 1.70. The first kappa shape index (κ1) is 18.5. The first-order valence-corrected chi connectivity index (χ1v) is 8.34. The predicted molar refractivity (Wildman–Crippen MR) is 89.8 cm³/mol. The number of ether oxygens (including phenoxy) is 1. The molecule has 3 rings (SSSR count). The van der Waals surface area contributed by atoms with Crippen LogP contribution in [0.3, 0.4) is 0 Å². The van der Waals surface area contributed by atoms with Gasteiger partial charge in [0, 0.05) is 19.2 Å². The van der Waals surface area contributed by atoms with Crippen molar-refractivity contribution >= 4 is 29.4 Å². The van der Waals surface area contributed by atoms with Gasteiger partial charge >= 0.3 is 5.97 Å². The van der Waals surface area contributed by atoms with Crippen LogP contribution >= 0.6 is 0 Å². The van der Waals surface area contributed by atoms with Crippen molar-refractivity contribution in [2.75, 3.05) is 26.7 Å². The molecule has 0 unspecified atom stereocenters. The lowest BCUT2D eigenvalue weighted by Gasteiger charge is -2.31. The number of hydrogen-bond donors (Lipinski definition) is 0. The average molecular weight is 375 g/mol. The van der Waals surface area contributed by atoms with Gasteiger partial charge < -0.3 is 9.64 Å². The van der Waals surface area contributed by atoms with E-state index in [1.807, 2.05) is 0 Å². The number of carbonyl (C=O) groups is 4. The van der Waals surface area contributed by atoms with Crippen molar-refractivity contribution in [3.8, 4) is 0 Å². The lowest BCUT2D eigenvalue weighted by molar-refractivity contribution is -0.385. The number of piperidine rings is 1. The van der Waals surface area contributed by atoms with Gasteiger partial charge in [-0.3, -0.25) is 34.2 Å². The Labute approximate surface area is 153 Å². The largest absolute Gasteiger partial charge is 0.469 e. The molecule has 1 fully saturated rings. The minimum absolute atomic E-state index is 0.0774. The molecule has 0 aromatic heterocycles. The summed E-state index contributed by atoms with van der Waals surface area (Å²) >= 11 is 0. The fourth-order valence-corrected chi connectivity index (χ4v) is 3.38. The number of nitro benzene ring substituents is 1. The van der Waals surface area contributed by atoms with Gasteiger partial charge in [0.05, 0.1) is 23.5 Å². The summed E-state index contributed by atoms with van der Waals surface area (Å²) in [5, 5.41) is 11.1. The molecule has 2 aliphatic heterocycles. The van der Waals surface area contributed by atoms with Crippen molar-refractivity contribution in [2.45, 2.75) is 12.8 Å². The van der Waals surface area contributed by atoms with Gasteiger partial charge in [0.1, 0.15) is 12.1 Å². The fourth-order valence-electron chi connectivity index (χ4n) is 3.38. The van der Waals surface area contributed by atoms with Crippen LogP contribution in [0.5, 0.6) is 0 Å². The molecule has 0 radical (unpaired) electrons. The summed E-state index contributed by atoms with van der Waals surface area (Å²) in [4.78, 5) is 61.5. The number of carbonyl (C=O) groups excluding carboxylic acids is 4. The molecule has 10 nitrogen and oxygen atoms in total. The molecule has 27 heavy (non-hydrogen) atoms. The maximum absolute atomic E-state index is 12.5. The second-order valence-electron chi connectivity index (χ2n) is 6.33. The fraction of sp³-hybridized carbons (Fsp3) is 0.412. The average Bonchev–Trinajstić information content (AvgIpc) is 2.92. The molecule has 3 amide bonds. The number of benzene rings is 1. The van der Waals surface area contributed by atoms with Crippen LogP contribution < -0.4 is 0 Å². The van der Waals surface area contributed by atoms with E-state index in [4.69, 9.17) is 4.74 Å². The second-order valence-corrected chi connectivity index (χ2v) is 6.33. The first-order chi connectivity index (χ1) is 12.8. The number of nitro groups is 1. The Morgan fingerprint density at radius 3 is 2.48 bits per heavy atom. The molecule has 142 valence electrons. The summed E-state index contributed by atoms with van der Waals surface area (Å²) in [6, 6.07) is 3.80. The van der Waals surface area contributed by atoms with Crippen LogP contribution in [-0.4, -0.2) is 65.2 Å². The molecule has 0 bridgehead atoms. The van der Waals surface area contributed by atoms with E-state index in [2.05, 4.69) is 0 Å². The quantitative estimate of drug-likeness (QED) is 0.326. The molecular formula is C17H17N3O7. The molecule has 1 aromatic rings. The van der Waals surface area contributed by atoms with Crippen LogP contribution in [0.2, 0.25) is 0 Å². The Kier molecular flexibility index (Phi) is 4.89. The van der Waals surface area contributed by atoms with E-state index in [1.54, 1.807) is 0 Å². The molecule has 0 aliphatic carbocycles. The van der Waals surface area contributed by atoms with Gasteiger partial charge in [0.15, 0.2) is 0 Å². The number of esters is 1. The van der Waals surface area contributed by atoms with E-state index in [0.717, 1.165) is 11.0 Å². The molecule has 1 aromatic carbocycles. The molecule has 0 spiro atoms. The predicted octanol–water partition coefficient (Wildman–Crippen LogP) is 0.602. The maximum Gasteiger partial charge on any atom is 0.308 e. The van der Waals surface area contributed by atoms with Crippen molar-refractivity contribution < 1.29 is 28.8 Å². The standard InChI is InChI=1S/C17H17N3O7/c1-27-17(24)10-5-7-18(8-6-10)13(21)9-19-15(22)11-3-2-4-12(20(25)26)14(11)16(19)23/h2-4,10H,5-9H2,1H3. The molecule has 0 saturated carbocycles. The number of amides is 3. The van der Waals surface area contributed by atoms with E-state index >= 15 is 0 Å². The molecule has 2 aliphatic rings. The highest BCUT2D eigenvalue weighted by Gasteiger charge is 2.42. The highest BCUT2D eigenvalue weighted by molar-refractivity contribution is 6.24. The third-order valence-corrected chi connectivity index (χ3v) is 4.85. The summed E-state index contributed by atoms with van der Waals surface area (Å²) in [5.41, 5.74) is -0.823. The molecule has 0 atom stereocenters. The van der Waals surface area contributed by atoms with Crippen LogP contribution in [0.25, 0.3) is 0 Å². The highest BCUT2D eigenvalue weighted by Crippen LogP contribution is 2.30. The van der Waals surface area contributed by atoms with E-state index in [9.17, 15) is 29.3 Å². The second kappa shape index (κ2) is 7.14. The maximum atomic E-state index is 12.5. The van der Waals surface area contributed by atoms with Crippen LogP contribution in [0.15, 0.2) is 18.2 Å². The minimum Gasteiger partial charge on any atom is -0.469 e. The van der Waals surface area contributed by atoms with Gasteiger partial charge in [-0.25, -0.2) is 0 Å². The molecule has 10 heteroatoms. The molecule has 1 saturated heterocycles. The van der Waals surface area contributed by atoms with Crippen molar-refractivity contribution in [3.63, 3.8) is 0 Å². The Hall–Kier alpha value is -3.30. The number of methoxy groups -OCH3 is 1. The number of likely N-dealkylation sites (tertiary alicyclic amines) is 1. The van der Waals surface area contributed by atoms with E-state index < -0.39 is 34.9 Å². The minimum atomic E-state index is -0.847. The third kappa shape index (κ3) is 3.25. The smallest absolute Gasteiger partial charge is 0.308 e. The van der Waals surface area contributed by atoms with Crippen LogP contribution in [0.4, 0.5) is 5.69 Å². The number of nitrogens with zero attached hydrogens (tertiary/aromatic N) is 3. The van der Waals surface area contributed by atoms with Gasteiger partial charge in [-0.15, -0.1) is 0 Å². The third-order valence-electron chi connectivity index (χ3n) is 4.85.